The van der Waals surface area contributed by atoms with Crippen LogP contribution in [-0.2, 0) is 14.2 Å². The highest BCUT2D eigenvalue weighted by Gasteiger charge is 2.50. The minimum absolute atomic E-state index is 0.0773. The van der Waals surface area contributed by atoms with Gasteiger partial charge in [-0.15, -0.1) is 0 Å². The van der Waals surface area contributed by atoms with Gasteiger partial charge in [0.2, 0.25) is 0 Å². The van der Waals surface area contributed by atoms with Gasteiger partial charge >= 0.3 is 5.69 Å². The molecule has 1 aliphatic heterocycles. The van der Waals surface area contributed by atoms with Gasteiger partial charge in [-0.25, -0.2) is 10.3 Å². The van der Waals surface area contributed by atoms with Crippen molar-refractivity contribution in [3.05, 3.63) is 33.1 Å². The zero-order valence-corrected chi connectivity index (χ0v) is 11.9. The lowest BCUT2D eigenvalue weighted by Crippen LogP contribution is -2.51. The maximum Gasteiger partial charge on any atom is 0.330 e. The first-order valence-corrected chi connectivity index (χ1v) is 6.44. The largest absolute Gasteiger partial charge is 0.382 e. The first kappa shape index (κ1) is 15.9. The van der Waals surface area contributed by atoms with Crippen LogP contribution in [0.5, 0.6) is 0 Å². The molecule has 0 amide bonds. The maximum absolute atomic E-state index is 11.8. The topological polar surface area (TPSA) is 115 Å². The normalized spacial score (nSPS) is 28.9. The number of ether oxygens (including phenoxy) is 3. The first-order valence-electron chi connectivity index (χ1n) is 6.44. The summed E-state index contributed by atoms with van der Waals surface area (Å²) in [5.74, 6) is 0. The molecule has 118 valence electrons. The fourth-order valence-electron chi connectivity index (χ4n) is 2.64. The lowest BCUT2D eigenvalue weighted by molar-refractivity contribution is -0.148. The first-order chi connectivity index (χ1) is 10.1. The standard InChI is InChI=1S/C12H19N3O6/c1-19-7-12(6-13-18)8(20-2)5-10(21-12)15-4-3-9(16)14-11(15)17/h3-4,8,10,13,18H,5-7H2,1-2H3,(H,14,16,17)/t8-,10-,12-/m1/s1. The number of hydrogen-bond acceptors (Lipinski definition) is 7. The molecule has 0 radical (unpaired) electrons. The molecule has 1 fully saturated rings. The van der Waals surface area contributed by atoms with Crippen LogP contribution in [0.3, 0.4) is 0 Å². The molecule has 1 saturated heterocycles. The molecule has 9 heteroatoms. The third-order valence-electron chi connectivity index (χ3n) is 3.59. The van der Waals surface area contributed by atoms with E-state index in [-0.39, 0.29) is 19.3 Å². The summed E-state index contributed by atoms with van der Waals surface area (Å²) in [7, 11) is 3.03. The van der Waals surface area contributed by atoms with Gasteiger partial charge < -0.3 is 19.4 Å². The zero-order chi connectivity index (χ0) is 15.5. The van der Waals surface area contributed by atoms with Gasteiger partial charge in [-0.3, -0.25) is 14.3 Å². The summed E-state index contributed by atoms with van der Waals surface area (Å²) in [6, 6.07) is 1.24. The second-order valence-electron chi connectivity index (χ2n) is 4.88. The van der Waals surface area contributed by atoms with E-state index < -0.39 is 23.1 Å². The van der Waals surface area contributed by atoms with Crippen molar-refractivity contribution in [2.75, 3.05) is 27.4 Å². The molecule has 3 atom stereocenters. The molecule has 2 heterocycles. The van der Waals surface area contributed by atoms with Crippen LogP contribution < -0.4 is 16.7 Å². The van der Waals surface area contributed by atoms with E-state index >= 15 is 0 Å². The number of rotatable bonds is 6. The number of nitrogens with zero attached hydrogens (tertiary/aromatic N) is 1. The smallest absolute Gasteiger partial charge is 0.330 e. The van der Waals surface area contributed by atoms with Crippen LogP contribution in [0.25, 0.3) is 0 Å². The number of aromatic amines is 1. The monoisotopic (exact) mass is 301 g/mol. The molecule has 0 spiro atoms. The summed E-state index contributed by atoms with van der Waals surface area (Å²) < 4.78 is 17.7. The van der Waals surface area contributed by atoms with Gasteiger partial charge in [0.1, 0.15) is 11.8 Å². The lowest BCUT2D eigenvalue weighted by Gasteiger charge is -2.32. The Labute approximate surface area is 120 Å². The molecule has 0 aromatic carbocycles. The third kappa shape index (κ3) is 3.06. The highest BCUT2D eigenvalue weighted by Crippen LogP contribution is 2.37. The highest BCUT2D eigenvalue weighted by molar-refractivity contribution is 4.99. The average molecular weight is 301 g/mol. The zero-order valence-electron chi connectivity index (χ0n) is 11.9. The van der Waals surface area contributed by atoms with Crippen LogP contribution in [0.4, 0.5) is 0 Å². The van der Waals surface area contributed by atoms with Crippen LogP contribution in [0, 0.1) is 0 Å². The molecule has 1 aromatic heterocycles. The van der Waals surface area contributed by atoms with Crippen molar-refractivity contribution in [2.45, 2.75) is 24.4 Å². The average Bonchev–Trinajstić information content (AvgIpc) is 2.78. The Hall–Kier alpha value is -1.52. The van der Waals surface area contributed by atoms with Crippen LogP contribution in [0.15, 0.2) is 21.9 Å². The quantitative estimate of drug-likeness (QED) is 0.567. The lowest BCUT2D eigenvalue weighted by atomic mass is 9.97. The van der Waals surface area contributed by atoms with E-state index in [1.54, 1.807) is 0 Å². The number of nitrogens with one attached hydrogen (secondary N) is 2. The molecular formula is C12H19N3O6. The maximum atomic E-state index is 11.8. The van der Waals surface area contributed by atoms with Gasteiger partial charge in [-0.1, -0.05) is 0 Å². The second-order valence-corrected chi connectivity index (χ2v) is 4.88. The minimum Gasteiger partial charge on any atom is -0.382 e. The number of hydrogen-bond donors (Lipinski definition) is 3. The van der Waals surface area contributed by atoms with Gasteiger partial charge in [0.25, 0.3) is 5.56 Å². The highest BCUT2D eigenvalue weighted by atomic mass is 16.6. The van der Waals surface area contributed by atoms with Crippen molar-refractivity contribution in [1.82, 2.24) is 15.0 Å². The number of hydroxylamine groups is 1. The third-order valence-corrected chi connectivity index (χ3v) is 3.59. The Balaban J connectivity index is 2.32. The van der Waals surface area contributed by atoms with Crippen molar-refractivity contribution < 1.29 is 19.4 Å². The van der Waals surface area contributed by atoms with Crippen molar-refractivity contribution in [3.8, 4) is 0 Å². The van der Waals surface area contributed by atoms with Gasteiger partial charge in [0.05, 0.1) is 19.3 Å². The molecule has 1 aromatic rings. The summed E-state index contributed by atoms with van der Waals surface area (Å²) in [6.45, 7) is 0.252. The van der Waals surface area contributed by atoms with E-state index in [2.05, 4.69) is 10.5 Å². The molecule has 0 saturated carbocycles. The number of methoxy groups -OCH3 is 2. The summed E-state index contributed by atoms with van der Waals surface area (Å²) >= 11 is 0. The molecule has 9 nitrogen and oxygen atoms in total. The van der Waals surface area contributed by atoms with Crippen molar-refractivity contribution in [1.29, 1.82) is 0 Å². The van der Waals surface area contributed by atoms with E-state index in [0.717, 1.165) is 0 Å². The minimum atomic E-state index is -0.932. The molecular weight excluding hydrogens is 282 g/mol. The molecule has 0 aliphatic carbocycles. The molecule has 21 heavy (non-hydrogen) atoms. The Kier molecular flexibility index (Phi) is 4.91. The molecule has 2 rings (SSSR count). The van der Waals surface area contributed by atoms with Gasteiger partial charge in [-0.05, 0) is 0 Å². The van der Waals surface area contributed by atoms with E-state index in [0.29, 0.717) is 6.42 Å². The fourth-order valence-corrected chi connectivity index (χ4v) is 2.64. The number of aromatic nitrogens is 2. The SMILES string of the molecule is COC[C@@]1(CNO)O[C@@H](n2ccc(=O)[nH]c2=O)C[C@H]1OC. The summed E-state index contributed by atoms with van der Waals surface area (Å²) in [6.07, 6.45) is 0.741. The summed E-state index contributed by atoms with van der Waals surface area (Å²) in [5.41, 5.74) is 0.0963. The summed E-state index contributed by atoms with van der Waals surface area (Å²) in [4.78, 5) is 25.1. The van der Waals surface area contributed by atoms with Crippen LogP contribution in [0.2, 0.25) is 0 Å². The second kappa shape index (κ2) is 6.50. The van der Waals surface area contributed by atoms with Crippen LogP contribution in [-0.4, -0.2) is 53.8 Å². The molecule has 0 unspecified atom stereocenters. The molecule has 1 aliphatic rings. The van der Waals surface area contributed by atoms with Crippen LogP contribution in [0.1, 0.15) is 12.6 Å². The van der Waals surface area contributed by atoms with Crippen molar-refractivity contribution in [2.24, 2.45) is 0 Å². The van der Waals surface area contributed by atoms with Gasteiger partial charge in [0, 0.05) is 32.9 Å². The van der Waals surface area contributed by atoms with Crippen molar-refractivity contribution in [3.63, 3.8) is 0 Å². The predicted molar refractivity (Wildman–Crippen MR) is 71.3 cm³/mol. The van der Waals surface area contributed by atoms with Gasteiger partial charge in [0.15, 0.2) is 0 Å². The van der Waals surface area contributed by atoms with E-state index in [1.165, 1.54) is 31.0 Å². The fraction of sp³-hybridized carbons (Fsp3) is 0.667. The molecule has 3 N–H and O–H groups in total. The summed E-state index contributed by atoms with van der Waals surface area (Å²) in [5, 5.41) is 9.02. The van der Waals surface area contributed by atoms with Crippen LogP contribution >= 0.6 is 0 Å². The van der Waals surface area contributed by atoms with E-state index in [1.807, 2.05) is 0 Å². The predicted octanol–water partition coefficient (Wildman–Crippen LogP) is -1.17. The van der Waals surface area contributed by atoms with E-state index in [9.17, 15) is 9.59 Å². The van der Waals surface area contributed by atoms with Crippen molar-refractivity contribution >= 4 is 0 Å². The Morgan fingerprint density at radius 2 is 2.33 bits per heavy atom. The Bertz CT molecular complexity index is 577. The molecule has 0 bridgehead atoms. The van der Waals surface area contributed by atoms with E-state index in [4.69, 9.17) is 19.4 Å². The Morgan fingerprint density at radius 3 is 2.90 bits per heavy atom. The van der Waals surface area contributed by atoms with Gasteiger partial charge in [-0.2, -0.15) is 0 Å². The number of H-pyrrole nitrogens is 1. The Morgan fingerprint density at radius 1 is 1.57 bits per heavy atom.